The molecule has 5 N–H and O–H groups in total. The van der Waals surface area contributed by atoms with Crippen LogP contribution in [0.4, 0.5) is 9.93 Å². The topological polar surface area (TPSA) is 104 Å². The van der Waals surface area contributed by atoms with E-state index in [0.29, 0.717) is 5.13 Å². The molecule has 2 aromatic rings. The second-order valence-electron chi connectivity index (χ2n) is 8.40. The third-order valence-electron chi connectivity index (χ3n) is 5.99. The first-order chi connectivity index (χ1) is 15.1. The monoisotopic (exact) mass is 443 g/mol. The molecule has 4 rings (SSSR count). The molecule has 2 atom stereocenters. The van der Waals surface area contributed by atoms with Crippen LogP contribution in [0.25, 0.3) is 10.4 Å². The first kappa shape index (κ1) is 22.2. The molecule has 31 heavy (non-hydrogen) atoms. The van der Waals surface area contributed by atoms with Crippen LogP contribution in [-0.4, -0.2) is 64.4 Å². The van der Waals surface area contributed by atoms with Gasteiger partial charge in [-0.05, 0) is 44.1 Å². The number of hydrogen-bond acceptors (Lipinski definition) is 7. The van der Waals surface area contributed by atoms with E-state index >= 15 is 0 Å². The highest BCUT2D eigenvalue weighted by Crippen LogP contribution is 2.29. The van der Waals surface area contributed by atoms with E-state index in [1.807, 2.05) is 36.5 Å². The van der Waals surface area contributed by atoms with Gasteiger partial charge in [-0.3, -0.25) is 5.32 Å². The third kappa shape index (κ3) is 5.81. The number of nitrogens with two attached hydrogens (primary N) is 2. The Balaban J connectivity index is 1.51. The maximum Gasteiger partial charge on any atom is 0.353 e. The molecule has 0 radical (unpaired) electrons. The van der Waals surface area contributed by atoms with E-state index in [9.17, 15) is 4.79 Å². The van der Waals surface area contributed by atoms with E-state index in [0.717, 1.165) is 75.1 Å². The summed E-state index contributed by atoms with van der Waals surface area (Å²) in [5.41, 5.74) is 13.5. The van der Waals surface area contributed by atoms with Crippen LogP contribution in [0.5, 0.6) is 0 Å². The minimum Gasteiger partial charge on any atom is -0.328 e. The second-order valence-corrected chi connectivity index (χ2v) is 9.44. The van der Waals surface area contributed by atoms with E-state index < -0.39 is 0 Å². The molecular formula is C22H33N7OS. The Labute approximate surface area is 188 Å². The quantitative estimate of drug-likeness (QED) is 0.671. The lowest BCUT2D eigenvalue weighted by Crippen LogP contribution is -2.58. The summed E-state index contributed by atoms with van der Waals surface area (Å²) in [6, 6.07) is 10.3. The van der Waals surface area contributed by atoms with Crippen LogP contribution in [0, 0.1) is 0 Å². The summed E-state index contributed by atoms with van der Waals surface area (Å²) in [6.45, 7) is 3.17. The number of thiazole rings is 1. The highest BCUT2D eigenvalue weighted by atomic mass is 32.1. The molecule has 0 unspecified atom stereocenters. The van der Waals surface area contributed by atoms with E-state index in [-0.39, 0.29) is 18.1 Å². The van der Waals surface area contributed by atoms with Crippen molar-refractivity contribution in [3.63, 3.8) is 0 Å². The summed E-state index contributed by atoms with van der Waals surface area (Å²) in [6.07, 6.45) is 7.52. The van der Waals surface area contributed by atoms with Crippen LogP contribution in [0.1, 0.15) is 38.5 Å². The first-order valence-electron chi connectivity index (χ1n) is 11.2. The number of rotatable bonds is 4. The fourth-order valence-electron chi connectivity index (χ4n) is 4.24. The Morgan fingerprint density at radius 2 is 1.58 bits per heavy atom. The molecule has 0 saturated carbocycles. The fourth-order valence-corrected chi connectivity index (χ4v) is 5.05. The van der Waals surface area contributed by atoms with Crippen molar-refractivity contribution >= 4 is 22.5 Å². The van der Waals surface area contributed by atoms with Gasteiger partial charge in [0.2, 0.25) is 0 Å². The largest absolute Gasteiger partial charge is 0.353 e. The molecule has 9 heteroatoms. The molecule has 2 aliphatic rings. The standard InChI is InChI=1S/C22H33N7OS/c23-18-8-4-12-27(14-10-18)29(28-13-5-9-19(24)11-15-28)22(30)26-21-25-16-20(31-21)17-6-2-1-3-7-17/h1-3,6-7,16,18-19H,4-5,8-15,23-24H2,(H,25,26,30)/t18-,19-/m0/s1. The number of nitrogens with one attached hydrogen (secondary N) is 1. The van der Waals surface area contributed by atoms with E-state index in [2.05, 4.69) is 20.3 Å². The van der Waals surface area contributed by atoms with Gasteiger partial charge >= 0.3 is 6.03 Å². The molecule has 168 valence electrons. The van der Waals surface area contributed by atoms with Gasteiger partial charge in [0.15, 0.2) is 5.13 Å². The number of benzene rings is 1. The summed E-state index contributed by atoms with van der Waals surface area (Å²) < 4.78 is 0. The zero-order valence-corrected chi connectivity index (χ0v) is 18.8. The van der Waals surface area contributed by atoms with Crippen LogP contribution < -0.4 is 16.8 Å². The van der Waals surface area contributed by atoms with Crippen molar-refractivity contribution in [3.05, 3.63) is 36.5 Å². The number of nitrogens with zero attached hydrogens (tertiary/aromatic N) is 4. The number of hydrogen-bond donors (Lipinski definition) is 3. The Morgan fingerprint density at radius 1 is 0.968 bits per heavy atom. The summed E-state index contributed by atoms with van der Waals surface area (Å²) >= 11 is 1.49. The molecule has 3 heterocycles. The second kappa shape index (κ2) is 10.5. The van der Waals surface area contributed by atoms with Crippen LogP contribution >= 0.6 is 11.3 Å². The highest BCUT2D eigenvalue weighted by Gasteiger charge is 2.31. The van der Waals surface area contributed by atoms with Gasteiger partial charge in [-0.2, -0.15) is 5.12 Å². The van der Waals surface area contributed by atoms with Gasteiger partial charge in [0.05, 0.1) is 4.88 Å². The van der Waals surface area contributed by atoms with Gasteiger partial charge in [-0.1, -0.05) is 41.7 Å². The van der Waals surface area contributed by atoms with E-state index in [1.165, 1.54) is 11.3 Å². The molecule has 2 fully saturated rings. The maximum atomic E-state index is 13.5. The average Bonchev–Trinajstić information content (AvgIpc) is 2.99. The number of urea groups is 1. The van der Waals surface area contributed by atoms with Gasteiger partial charge in [-0.15, -0.1) is 0 Å². The summed E-state index contributed by atoms with van der Waals surface area (Å²) in [7, 11) is 0. The molecule has 2 saturated heterocycles. The predicted octanol–water partition coefficient (Wildman–Crippen LogP) is 3.10. The van der Waals surface area contributed by atoms with Crippen molar-refractivity contribution in [2.45, 2.75) is 50.6 Å². The lowest BCUT2D eigenvalue weighted by atomic mass is 10.1. The van der Waals surface area contributed by atoms with Gasteiger partial charge in [-0.25, -0.2) is 19.8 Å². The lowest BCUT2D eigenvalue weighted by Gasteiger charge is -2.41. The third-order valence-corrected chi connectivity index (χ3v) is 6.96. The Kier molecular flexibility index (Phi) is 7.52. The van der Waals surface area contributed by atoms with Crippen LogP contribution in [-0.2, 0) is 0 Å². The van der Waals surface area contributed by atoms with Crippen LogP contribution in [0.3, 0.4) is 0 Å². The van der Waals surface area contributed by atoms with Crippen molar-refractivity contribution in [2.75, 3.05) is 31.5 Å². The van der Waals surface area contributed by atoms with Crippen molar-refractivity contribution in [1.82, 2.24) is 20.1 Å². The molecule has 1 aromatic carbocycles. The molecule has 0 aliphatic carbocycles. The highest BCUT2D eigenvalue weighted by molar-refractivity contribution is 7.19. The molecule has 0 spiro atoms. The van der Waals surface area contributed by atoms with Crippen molar-refractivity contribution in [1.29, 1.82) is 0 Å². The number of hydrazine groups is 2. The number of amides is 2. The normalized spacial score (nSPS) is 23.7. The Bertz CT molecular complexity index is 821. The molecular weight excluding hydrogens is 410 g/mol. The Hall–Kier alpha value is -2.04. The zero-order chi connectivity index (χ0) is 21.6. The summed E-state index contributed by atoms with van der Waals surface area (Å²) in [5.74, 6) is 0. The van der Waals surface area contributed by atoms with Gasteiger partial charge in [0.1, 0.15) is 0 Å². The first-order valence-corrected chi connectivity index (χ1v) is 12.0. The average molecular weight is 444 g/mol. The smallest absolute Gasteiger partial charge is 0.328 e. The molecule has 0 bridgehead atoms. The number of carbonyl (C=O) groups excluding carboxylic acids is 1. The van der Waals surface area contributed by atoms with Crippen molar-refractivity contribution in [2.24, 2.45) is 11.5 Å². The molecule has 1 aromatic heterocycles. The van der Waals surface area contributed by atoms with E-state index in [1.54, 1.807) is 5.12 Å². The van der Waals surface area contributed by atoms with E-state index in [4.69, 9.17) is 11.5 Å². The lowest BCUT2D eigenvalue weighted by molar-refractivity contribution is -0.136. The summed E-state index contributed by atoms with van der Waals surface area (Å²) in [5, 5.41) is 9.73. The number of anilines is 1. The molecule has 2 amide bonds. The number of aromatic nitrogens is 1. The molecule has 8 nitrogen and oxygen atoms in total. The SMILES string of the molecule is N[C@H]1CCCN(N(C(=O)Nc2ncc(-c3ccccc3)s2)N2CCC[C@H](N)CC2)CC1. The summed E-state index contributed by atoms with van der Waals surface area (Å²) in [4.78, 5) is 19.0. The fraction of sp³-hybridized carbons (Fsp3) is 0.545. The zero-order valence-electron chi connectivity index (χ0n) is 17.9. The predicted molar refractivity (Wildman–Crippen MR) is 125 cm³/mol. The maximum absolute atomic E-state index is 13.5. The van der Waals surface area contributed by atoms with Gasteiger partial charge in [0, 0.05) is 44.5 Å². The molecule has 2 aliphatic heterocycles. The van der Waals surface area contributed by atoms with Gasteiger partial charge < -0.3 is 11.5 Å². The number of carbonyl (C=O) groups is 1. The minimum atomic E-state index is -0.167. The van der Waals surface area contributed by atoms with Crippen LogP contribution in [0.15, 0.2) is 36.5 Å². The van der Waals surface area contributed by atoms with Crippen molar-refractivity contribution in [3.8, 4) is 10.4 Å². The minimum absolute atomic E-state index is 0.167. The Morgan fingerprint density at radius 3 is 2.19 bits per heavy atom. The van der Waals surface area contributed by atoms with Gasteiger partial charge in [0.25, 0.3) is 0 Å². The van der Waals surface area contributed by atoms with Crippen LogP contribution in [0.2, 0.25) is 0 Å². The van der Waals surface area contributed by atoms with Crippen molar-refractivity contribution < 1.29 is 4.79 Å².